The first-order valence-corrected chi connectivity index (χ1v) is 7.97. The largest absolute Gasteiger partial charge is 0.478 e. The number of pyridine rings is 1. The van der Waals surface area contributed by atoms with E-state index in [4.69, 9.17) is 0 Å². The van der Waals surface area contributed by atoms with E-state index < -0.39 is 5.97 Å². The van der Waals surface area contributed by atoms with Gasteiger partial charge in [-0.25, -0.2) is 14.8 Å². The average molecular weight is 337 g/mol. The van der Waals surface area contributed by atoms with Crippen LogP contribution in [-0.2, 0) is 0 Å². The quantitative estimate of drug-likeness (QED) is 0.608. The van der Waals surface area contributed by atoms with Crippen LogP contribution in [0, 0.1) is 6.92 Å². The van der Waals surface area contributed by atoms with Crippen LogP contribution in [-0.4, -0.2) is 25.6 Å². The maximum absolute atomic E-state index is 12.8. The summed E-state index contributed by atoms with van der Waals surface area (Å²) in [6, 6.07) is 8.95. The van der Waals surface area contributed by atoms with Gasteiger partial charge < -0.3 is 5.11 Å². The maximum atomic E-state index is 12.8. The Kier molecular flexibility index (Phi) is 3.17. The Labute approximate surface area is 139 Å². The third-order valence-corrected chi connectivity index (χ3v) is 4.90. The van der Waals surface area contributed by atoms with E-state index in [2.05, 4.69) is 9.97 Å². The van der Waals surface area contributed by atoms with Crippen molar-refractivity contribution in [1.82, 2.24) is 14.5 Å². The molecule has 1 N–H and O–H groups in total. The molecule has 0 fully saturated rings. The van der Waals surface area contributed by atoms with Crippen LogP contribution in [0.3, 0.4) is 0 Å². The van der Waals surface area contributed by atoms with Gasteiger partial charge >= 0.3 is 5.97 Å². The number of carboxylic acid groups (broad SMARTS) is 1. The van der Waals surface area contributed by atoms with Gasteiger partial charge in [-0.15, -0.1) is 11.3 Å². The van der Waals surface area contributed by atoms with Gasteiger partial charge in [0.05, 0.1) is 22.2 Å². The van der Waals surface area contributed by atoms with Gasteiger partial charge in [-0.2, -0.15) is 0 Å². The molecule has 1 aromatic carbocycles. The zero-order valence-electron chi connectivity index (χ0n) is 12.6. The molecule has 0 spiro atoms. The Hall–Kier alpha value is -3.06. The van der Waals surface area contributed by atoms with Crippen molar-refractivity contribution in [2.24, 2.45) is 0 Å². The molecule has 7 heteroatoms. The van der Waals surface area contributed by atoms with E-state index in [1.165, 1.54) is 23.2 Å². The van der Waals surface area contributed by atoms with E-state index in [-0.39, 0.29) is 11.1 Å². The number of rotatable bonds is 2. The Morgan fingerprint density at radius 3 is 2.62 bits per heavy atom. The molecule has 24 heavy (non-hydrogen) atoms. The van der Waals surface area contributed by atoms with Gasteiger partial charge in [-0.1, -0.05) is 17.7 Å². The predicted molar refractivity (Wildman–Crippen MR) is 92.2 cm³/mol. The van der Waals surface area contributed by atoms with Crippen LogP contribution in [0.1, 0.15) is 15.9 Å². The van der Waals surface area contributed by atoms with Gasteiger partial charge in [0.1, 0.15) is 15.9 Å². The fourth-order valence-electron chi connectivity index (χ4n) is 2.62. The molecule has 0 radical (unpaired) electrons. The van der Waals surface area contributed by atoms with Crippen molar-refractivity contribution in [3.05, 3.63) is 64.3 Å². The minimum Gasteiger partial charge on any atom is -0.478 e. The summed E-state index contributed by atoms with van der Waals surface area (Å²) in [6.45, 7) is 1.97. The lowest BCUT2D eigenvalue weighted by atomic mass is 10.1. The number of aryl methyl sites for hydroxylation is 1. The first kappa shape index (κ1) is 14.5. The van der Waals surface area contributed by atoms with Crippen molar-refractivity contribution in [3.8, 4) is 5.69 Å². The van der Waals surface area contributed by atoms with Gasteiger partial charge in [0.15, 0.2) is 0 Å². The number of benzene rings is 1. The van der Waals surface area contributed by atoms with Gasteiger partial charge in [0.25, 0.3) is 5.56 Å². The van der Waals surface area contributed by atoms with Gasteiger partial charge in [-0.05, 0) is 25.1 Å². The highest BCUT2D eigenvalue weighted by molar-refractivity contribution is 7.25. The second-order valence-corrected chi connectivity index (χ2v) is 6.38. The number of carboxylic acids is 1. The molecule has 3 heterocycles. The number of aromatic carboxylic acids is 1. The highest BCUT2D eigenvalue weighted by Gasteiger charge is 2.18. The molecule has 0 aliphatic rings. The van der Waals surface area contributed by atoms with Crippen molar-refractivity contribution in [3.63, 3.8) is 0 Å². The lowest BCUT2D eigenvalue weighted by Crippen LogP contribution is -2.17. The summed E-state index contributed by atoms with van der Waals surface area (Å²) in [5.41, 5.74) is 2.06. The minimum absolute atomic E-state index is 0.103. The fraction of sp³-hybridized carbons (Fsp3) is 0.0588. The minimum atomic E-state index is -1.06. The average Bonchev–Trinajstić information content (AvgIpc) is 2.96. The van der Waals surface area contributed by atoms with E-state index in [9.17, 15) is 14.7 Å². The van der Waals surface area contributed by atoms with Crippen LogP contribution in [0.4, 0.5) is 0 Å². The Morgan fingerprint density at radius 2 is 1.92 bits per heavy atom. The predicted octanol–water partition coefficient (Wildman–Crippen LogP) is 3.00. The molecule has 0 bridgehead atoms. The van der Waals surface area contributed by atoms with Gasteiger partial charge in [0.2, 0.25) is 0 Å². The third-order valence-electron chi connectivity index (χ3n) is 3.82. The number of nitrogens with zero attached hydrogens (tertiary/aromatic N) is 3. The van der Waals surface area contributed by atoms with Crippen molar-refractivity contribution in [1.29, 1.82) is 0 Å². The number of hydrogen-bond acceptors (Lipinski definition) is 5. The molecular formula is C17H11N3O3S. The van der Waals surface area contributed by atoms with Crippen LogP contribution in [0.25, 0.3) is 26.1 Å². The molecule has 0 unspecified atom stereocenters. The first-order valence-electron chi connectivity index (χ1n) is 7.15. The van der Waals surface area contributed by atoms with E-state index in [0.717, 1.165) is 16.9 Å². The molecule has 0 aliphatic heterocycles. The molecule has 3 aromatic heterocycles. The second kappa shape index (κ2) is 5.24. The standard InChI is InChI=1S/C17H11N3O3S/c1-9-2-4-10(5-3-9)20-8-19-13-12-11(17(22)23)6-7-18-15(12)24-14(13)16(20)21/h2-8H,1H3,(H,22,23). The number of carbonyl (C=O) groups is 1. The number of thiophene rings is 1. The van der Waals surface area contributed by atoms with Crippen molar-refractivity contribution < 1.29 is 9.90 Å². The Morgan fingerprint density at radius 1 is 1.17 bits per heavy atom. The molecule has 0 aliphatic carbocycles. The molecule has 0 atom stereocenters. The topological polar surface area (TPSA) is 85.1 Å². The van der Waals surface area contributed by atoms with Gasteiger partial charge in [-0.3, -0.25) is 9.36 Å². The molecule has 6 nitrogen and oxygen atoms in total. The summed E-state index contributed by atoms with van der Waals surface area (Å²) in [5.74, 6) is -1.06. The number of hydrogen-bond donors (Lipinski definition) is 1. The zero-order valence-corrected chi connectivity index (χ0v) is 13.4. The molecule has 118 valence electrons. The monoisotopic (exact) mass is 337 g/mol. The third kappa shape index (κ3) is 2.10. The number of fused-ring (bicyclic) bond motifs is 3. The SMILES string of the molecule is Cc1ccc(-n2cnc3c(sc4nccc(C(=O)O)c43)c2=O)cc1. The first-order chi connectivity index (χ1) is 11.6. The van der Waals surface area contributed by atoms with Crippen LogP contribution < -0.4 is 5.56 Å². The molecule has 4 rings (SSSR count). The Bertz CT molecular complexity index is 1160. The van der Waals surface area contributed by atoms with E-state index >= 15 is 0 Å². The lowest BCUT2D eigenvalue weighted by Gasteiger charge is -2.05. The summed E-state index contributed by atoms with van der Waals surface area (Å²) in [4.78, 5) is 33.3. The molecule has 4 aromatic rings. The second-order valence-electron chi connectivity index (χ2n) is 5.38. The molecular weight excluding hydrogens is 326 g/mol. The van der Waals surface area contributed by atoms with Crippen LogP contribution in [0.2, 0.25) is 0 Å². The van der Waals surface area contributed by atoms with Crippen molar-refractivity contribution >= 4 is 37.7 Å². The normalized spacial score (nSPS) is 11.2. The maximum Gasteiger partial charge on any atom is 0.336 e. The fourth-order valence-corrected chi connectivity index (χ4v) is 3.67. The van der Waals surface area contributed by atoms with Crippen molar-refractivity contribution in [2.75, 3.05) is 0 Å². The zero-order chi connectivity index (χ0) is 16.8. The van der Waals surface area contributed by atoms with Crippen LogP contribution in [0.5, 0.6) is 0 Å². The van der Waals surface area contributed by atoms with E-state index in [0.29, 0.717) is 26.1 Å². The molecule has 0 saturated heterocycles. The van der Waals surface area contributed by atoms with E-state index in [1.807, 2.05) is 31.2 Å². The highest BCUT2D eigenvalue weighted by atomic mass is 32.1. The summed E-state index contributed by atoms with van der Waals surface area (Å²) >= 11 is 1.16. The van der Waals surface area contributed by atoms with Crippen LogP contribution >= 0.6 is 11.3 Å². The number of aromatic nitrogens is 3. The molecule has 0 saturated carbocycles. The van der Waals surface area contributed by atoms with Crippen molar-refractivity contribution in [2.45, 2.75) is 6.92 Å². The summed E-state index contributed by atoms with van der Waals surface area (Å²) in [7, 11) is 0. The summed E-state index contributed by atoms with van der Waals surface area (Å²) in [6.07, 6.45) is 2.86. The summed E-state index contributed by atoms with van der Waals surface area (Å²) < 4.78 is 1.85. The Balaban J connectivity index is 2.06. The summed E-state index contributed by atoms with van der Waals surface area (Å²) in [5, 5.41) is 9.77. The smallest absolute Gasteiger partial charge is 0.336 e. The van der Waals surface area contributed by atoms with Crippen LogP contribution in [0.15, 0.2) is 47.7 Å². The van der Waals surface area contributed by atoms with E-state index in [1.54, 1.807) is 0 Å². The lowest BCUT2D eigenvalue weighted by molar-refractivity contribution is 0.0699. The molecule has 0 amide bonds. The highest BCUT2D eigenvalue weighted by Crippen LogP contribution is 2.31. The van der Waals surface area contributed by atoms with Gasteiger partial charge in [0, 0.05) is 6.20 Å².